The van der Waals surface area contributed by atoms with Gasteiger partial charge in [-0.05, 0) is 26.7 Å². The van der Waals surface area contributed by atoms with Crippen LogP contribution in [0.2, 0.25) is 0 Å². The molecule has 0 spiro atoms. The van der Waals surface area contributed by atoms with Crippen LogP contribution < -0.4 is 10.6 Å². The van der Waals surface area contributed by atoms with Crippen LogP contribution in [-0.4, -0.2) is 22.4 Å². The van der Waals surface area contributed by atoms with Crippen LogP contribution >= 0.6 is 0 Å². The molecule has 1 heterocycles. The highest BCUT2D eigenvalue weighted by Gasteiger charge is 2.11. The molecule has 0 fully saturated rings. The van der Waals surface area contributed by atoms with Gasteiger partial charge in [-0.3, -0.25) is 4.68 Å². The van der Waals surface area contributed by atoms with Crippen molar-refractivity contribution in [2.45, 2.75) is 47.7 Å². The van der Waals surface area contributed by atoms with Crippen molar-refractivity contribution in [1.29, 1.82) is 0 Å². The fourth-order valence-electron chi connectivity index (χ4n) is 1.83. The van der Waals surface area contributed by atoms with Gasteiger partial charge in [-0.1, -0.05) is 13.8 Å². The fourth-order valence-corrected chi connectivity index (χ4v) is 1.83. The van der Waals surface area contributed by atoms with E-state index in [9.17, 15) is 4.79 Å². The molecule has 2 N–H and O–H groups in total. The Morgan fingerprint density at radius 2 is 2.00 bits per heavy atom. The summed E-state index contributed by atoms with van der Waals surface area (Å²) in [5.74, 6) is 0.460. The van der Waals surface area contributed by atoms with Crippen molar-refractivity contribution in [2.75, 3.05) is 6.54 Å². The molecule has 0 atom stereocenters. The number of rotatable bonds is 5. The quantitative estimate of drug-likeness (QED) is 0.841. The summed E-state index contributed by atoms with van der Waals surface area (Å²) in [7, 11) is 0. The Balaban J connectivity index is 2.53. The Morgan fingerprint density at radius 1 is 1.33 bits per heavy atom. The Bertz CT molecular complexity index is 409. The number of hydrogen-bond acceptors (Lipinski definition) is 2. The number of aryl methyl sites for hydroxylation is 2. The van der Waals surface area contributed by atoms with Gasteiger partial charge in [-0.15, -0.1) is 0 Å². The maximum atomic E-state index is 11.6. The zero-order chi connectivity index (χ0) is 13.7. The lowest BCUT2D eigenvalue weighted by Gasteiger charge is -2.09. The summed E-state index contributed by atoms with van der Waals surface area (Å²) in [6.45, 7) is 12.3. The van der Waals surface area contributed by atoms with E-state index in [-0.39, 0.29) is 6.03 Å². The summed E-state index contributed by atoms with van der Waals surface area (Å²) in [5.41, 5.74) is 3.22. The maximum Gasteiger partial charge on any atom is 0.315 e. The lowest BCUT2D eigenvalue weighted by atomic mass is 10.2. The van der Waals surface area contributed by atoms with Crippen molar-refractivity contribution in [2.24, 2.45) is 5.92 Å². The molecule has 18 heavy (non-hydrogen) atoms. The Labute approximate surface area is 109 Å². The molecule has 0 aliphatic carbocycles. The number of aromatic nitrogens is 2. The molecule has 2 amide bonds. The van der Waals surface area contributed by atoms with Gasteiger partial charge < -0.3 is 10.6 Å². The molecule has 1 aromatic rings. The van der Waals surface area contributed by atoms with Gasteiger partial charge in [-0.2, -0.15) is 5.10 Å². The molecule has 5 nitrogen and oxygen atoms in total. The summed E-state index contributed by atoms with van der Waals surface area (Å²) in [4.78, 5) is 11.6. The van der Waals surface area contributed by atoms with E-state index >= 15 is 0 Å². The third kappa shape index (κ3) is 3.75. The number of hydrogen-bond donors (Lipinski definition) is 2. The monoisotopic (exact) mass is 252 g/mol. The van der Waals surface area contributed by atoms with Crippen LogP contribution in [0.15, 0.2) is 0 Å². The minimum absolute atomic E-state index is 0.119. The second-order valence-electron chi connectivity index (χ2n) is 4.92. The number of nitrogens with zero attached hydrogens (tertiary/aromatic N) is 2. The van der Waals surface area contributed by atoms with Gasteiger partial charge in [0, 0.05) is 30.9 Å². The molecule has 0 saturated carbocycles. The van der Waals surface area contributed by atoms with Crippen LogP contribution in [0.25, 0.3) is 0 Å². The molecular formula is C13H24N4O. The smallest absolute Gasteiger partial charge is 0.315 e. The summed E-state index contributed by atoms with van der Waals surface area (Å²) in [6, 6.07) is -0.119. The maximum absolute atomic E-state index is 11.6. The Hall–Kier alpha value is -1.52. The first-order valence-corrected chi connectivity index (χ1v) is 6.50. The van der Waals surface area contributed by atoms with E-state index in [0.29, 0.717) is 19.0 Å². The SMILES string of the molecule is CCn1nc(C)c(CNC(=O)NCC(C)C)c1C. The van der Waals surface area contributed by atoms with E-state index in [1.807, 2.05) is 18.5 Å². The van der Waals surface area contributed by atoms with Gasteiger partial charge in [0.05, 0.1) is 5.69 Å². The molecule has 0 radical (unpaired) electrons. The van der Waals surface area contributed by atoms with E-state index in [1.54, 1.807) is 0 Å². The van der Waals surface area contributed by atoms with Crippen LogP contribution in [0.3, 0.4) is 0 Å². The van der Waals surface area contributed by atoms with Crippen molar-refractivity contribution in [3.8, 4) is 0 Å². The van der Waals surface area contributed by atoms with Crippen molar-refractivity contribution in [1.82, 2.24) is 20.4 Å². The van der Waals surface area contributed by atoms with E-state index in [1.165, 1.54) is 0 Å². The number of carbonyl (C=O) groups excluding carboxylic acids is 1. The molecule has 102 valence electrons. The summed E-state index contributed by atoms with van der Waals surface area (Å²) in [6.07, 6.45) is 0. The van der Waals surface area contributed by atoms with Gasteiger partial charge in [0.2, 0.25) is 0 Å². The van der Waals surface area contributed by atoms with Gasteiger partial charge in [0.25, 0.3) is 0 Å². The predicted molar refractivity (Wildman–Crippen MR) is 72.5 cm³/mol. The van der Waals surface area contributed by atoms with E-state index in [0.717, 1.165) is 23.5 Å². The Morgan fingerprint density at radius 3 is 2.50 bits per heavy atom. The van der Waals surface area contributed by atoms with Crippen molar-refractivity contribution < 1.29 is 4.79 Å². The van der Waals surface area contributed by atoms with Gasteiger partial charge >= 0.3 is 6.03 Å². The average molecular weight is 252 g/mol. The summed E-state index contributed by atoms with van der Waals surface area (Å²) >= 11 is 0. The number of carbonyl (C=O) groups is 1. The zero-order valence-electron chi connectivity index (χ0n) is 12.0. The minimum Gasteiger partial charge on any atom is -0.338 e. The summed E-state index contributed by atoms with van der Waals surface area (Å²) < 4.78 is 1.96. The highest BCUT2D eigenvalue weighted by molar-refractivity contribution is 5.73. The molecule has 0 aliphatic heterocycles. The van der Waals surface area contributed by atoms with Gasteiger partial charge in [0.1, 0.15) is 0 Å². The second kappa shape index (κ2) is 6.42. The largest absolute Gasteiger partial charge is 0.338 e. The molecule has 0 aliphatic rings. The lowest BCUT2D eigenvalue weighted by molar-refractivity contribution is 0.239. The van der Waals surface area contributed by atoms with Crippen molar-refractivity contribution in [3.63, 3.8) is 0 Å². The topological polar surface area (TPSA) is 59.0 Å². The minimum atomic E-state index is -0.119. The molecule has 0 bridgehead atoms. The predicted octanol–water partition coefficient (Wildman–Crippen LogP) is 1.98. The van der Waals surface area contributed by atoms with Crippen molar-refractivity contribution in [3.05, 3.63) is 17.0 Å². The van der Waals surface area contributed by atoms with Crippen LogP contribution in [0.5, 0.6) is 0 Å². The van der Waals surface area contributed by atoms with E-state index in [4.69, 9.17) is 0 Å². The standard InChI is InChI=1S/C13H24N4O/c1-6-17-11(5)12(10(4)16-17)8-15-13(18)14-7-9(2)3/h9H,6-8H2,1-5H3,(H2,14,15,18). The molecule has 0 unspecified atom stereocenters. The van der Waals surface area contributed by atoms with Crippen LogP contribution in [0.1, 0.15) is 37.7 Å². The normalized spacial score (nSPS) is 10.8. The molecule has 1 rings (SSSR count). The molecule has 0 aromatic carbocycles. The fraction of sp³-hybridized carbons (Fsp3) is 0.692. The number of nitrogens with one attached hydrogen (secondary N) is 2. The lowest BCUT2D eigenvalue weighted by Crippen LogP contribution is -2.37. The molecule has 5 heteroatoms. The van der Waals surface area contributed by atoms with Crippen LogP contribution in [0, 0.1) is 19.8 Å². The molecule has 1 aromatic heterocycles. The Kier molecular flexibility index (Phi) is 5.19. The van der Waals surface area contributed by atoms with Crippen LogP contribution in [0.4, 0.5) is 4.79 Å². The van der Waals surface area contributed by atoms with Gasteiger partial charge in [-0.25, -0.2) is 4.79 Å². The second-order valence-corrected chi connectivity index (χ2v) is 4.92. The van der Waals surface area contributed by atoms with Crippen LogP contribution in [-0.2, 0) is 13.1 Å². The first-order chi connectivity index (χ1) is 8.45. The first kappa shape index (κ1) is 14.5. The highest BCUT2D eigenvalue weighted by Crippen LogP contribution is 2.12. The summed E-state index contributed by atoms with van der Waals surface area (Å²) in [5, 5.41) is 10.1. The highest BCUT2D eigenvalue weighted by atomic mass is 16.2. The molecular weight excluding hydrogens is 228 g/mol. The average Bonchev–Trinajstić information content (AvgIpc) is 2.59. The number of amides is 2. The molecule has 0 saturated heterocycles. The third-order valence-electron chi connectivity index (χ3n) is 2.93. The first-order valence-electron chi connectivity index (χ1n) is 6.50. The van der Waals surface area contributed by atoms with E-state index in [2.05, 4.69) is 36.5 Å². The third-order valence-corrected chi connectivity index (χ3v) is 2.93. The number of urea groups is 1. The zero-order valence-corrected chi connectivity index (χ0v) is 12.0. The van der Waals surface area contributed by atoms with Gasteiger partial charge in [0.15, 0.2) is 0 Å². The van der Waals surface area contributed by atoms with E-state index < -0.39 is 0 Å². The van der Waals surface area contributed by atoms with Crippen molar-refractivity contribution >= 4 is 6.03 Å².